The summed E-state index contributed by atoms with van der Waals surface area (Å²) in [5, 5.41) is 2.02. The van der Waals surface area contributed by atoms with Gasteiger partial charge in [-0.25, -0.2) is 0 Å². The summed E-state index contributed by atoms with van der Waals surface area (Å²) in [6.45, 7) is 1.51. The molecule has 18 heavy (non-hydrogen) atoms. The van der Waals surface area contributed by atoms with Gasteiger partial charge in [0.15, 0.2) is 0 Å². The van der Waals surface area contributed by atoms with Gasteiger partial charge in [-0.3, -0.25) is 9.59 Å². The van der Waals surface area contributed by atoms with Gasteiger partial charge in [0.1, 0.15) is 0 Å². The van der Waals surface area contributed by atoms with Gasteiger partial charge < -0.3 is 9.80 Å². The molecule has 2 rings (SSSR count). The van der Waals surface area contributed by atoms with E-state index in [4.69, 9.17) is 0 Å². The molecule has 0 saturated carbocycles. The molecule has 0 aliphatic carbocycles. The average molecular weight is 331 g/mol. The van der Waals surface area contributed by atoms with Gasteiger partial charge in [-0.15, -0.1) is 11.3 Å². The molecule has 1 aliphatic heterocycles. The van der Waals surface area contributed by atoms with Crippen molar-refractivity contribution in [2.75, 3.05) is 20.1 Å². The highest BCUT2D eigenvalue weighted by molar-refractivity contribution is 9.11. The third-order valence-corrected chi connectivity index (χ3v) is 4.52. The Labute approximate surface area is 119 Å². The number of hydrogen-bond donors (Lipinski definition) is 0. The van der Waals surface area contributed by atoms with Crippen molar-refractivity contribution in [3.05, 3.63) is 20.8 Å². The van der Waals surface area contributed by atoms with Crippen LogP contribution in [0.2, 0.25) is 0 Å². The molecule has 98 valence electrons. The molecular weight excluding hydrogens is 316 g/mol. The molecule has 1 aliphatic rings. The van der Waals surface area contributed by atoms with Crippen molar-refractivity contribution in [2.24, 2.45) is 0 Å². The highest BCUT2D eigenvalue weighted by atomic mass is 79.9. The second-order valence-corrected chi connectivity index (χ2v) is 6.72. The van der Waals surface area contributed by atoms with Crippen LogP contribution < -0.4 is 0 Å². The van der Waals surface area contributed by atoms with E-state index >= 15 is 0 Å². The highest BCUT2D eigenvalue weighted by Crippen LogP contribution is 2.21. The van der Waals surface area contributed by atoms with E-state index in [1.165, 1.54) is 0 Å². The van der Waals surface area contributed by atoms with E-state index in [0.29, 0.717) is 19.5 Å². The van der Waals surface area contributed by atoms with E-state index in [0.717, 1.165) is 15.8 Å². The van der Waals surface area contributed by atoms with Crippen molar-refractivity contribution in [3.8, 4) is 0 Å². The SMILES string of the molecule is CN(Cc1csc(Br)c1)C(=O)CN1CCCC1=O. The Hall–Kier alpha value is -0.880. The Kier molecular flexibility index (Phi) is 4.40. The van der Waals surface area contributed by atoms with Crippen LogP contribution in [0, 0.1) is 0 Å². The maximum Gasteiger partial charge on any atom is 0.242 e. The number of likely N-dealkylation sites (tertiary alicyclic amines) is 1. The molecule has 0 bridgehead atoms. The van der Waals surface area contributed by atoms with E-state index in [9.17, 15) is 9.59 Å². The van der Waals surface area contributed by atoms with Gasteiger partial charge in [0.05, 0.1) is 10.3 Å². The first-order valence-electron chi connectivity index (χ1n) is 5.81. The first kappa shape index (κ1) is 13.5. The quantitative estimate of drug-likeness (QED) is 0.848. The van der Waals surface area contributed by atoms with Crippen molar-refractivity contribution < 1.29 is 9.59 Å². The van der Waals surface area contributed by atoms with Crippen LogP contribution in [0.15, 0.2) is 15.2 Å². The predicted molar refractivity (Wildman–Crippen MR) is 74.3 cm³/mol. The zero-order valence-electron chi connectivity index (χ0n) is 10.2. The largest absolute Gasteiger partial charge is 0.340 e. The molecule has 1 fully saturated rings. The van der Waals surface area contributed by atoms with Crippen LogP contribution in [0.5, 0.6) is 0 Å². The van der Waals surface area contributed by atoms with Gasteiger partial charge in [0.25, 0.3) is 0 Å². The molecule has 0 spiro atoms. The van der Waals surface area contributed by atoms with Crippen molar-refractivity contribution >= 4 is 39.1 Å². The molecule has 2 amide bonds. The van der Waals surface area contributed by atoms with Gasteiger partial charge in [-0.1, -0.05) is 0 Å². The van der Waals surface area contributed by atoms with E-state index < -0.39 is 0 Å². The summed E-state index contributed by atoms with van der Waals surface area (Å²) in [6.07, 6.45) is 1.45. The molecule has 1 saturated heterocycles. The zero-order chi connectivity index (χ0) is 13.1. The highest BCUT2D eigenvalue weighted by Gasteiger charge is 2.23. The molecule has 0 unspecified atom stereocenters. The van der Waals surface area contributed by atoms with Crippen molar-refractivity contribution in [2.45, 2.75) is 19.4 Å². The molecule has 0 atom stereocenters. The first-order chi connectivity index (χ1) is 8.56. The minimum Gasteiger partial charge on any atom is -0.340 e. The summed E-state index contributed by atoms with van der Waals surface area (Å²) in [5.41, 5.74) is 1.11. The molecule has 1 aromatic heterocycles. The van der Waals surface area contributed by atoms with Crippen LogP contribution in [0.4, 0.5) is 0 Å². The van der Waals surface area contributed by atoms with Crippen LogP contribution in [0.3, 0.4) is 0 Å². The summed E-state index contributed by atoms with van der Waals surface area (Å²) >= 11 is 5.01. The number of likely N-dealkylation sites (N-methyl/N-ethyl adjacent to an activating group) is 1. The van der Waals surface area contributed by atoms with Gasteiger partial charge >= 0.3 is 0 Å². The molecule has 6 heteroatoms. The zero-order valence-corrected chi connectivity index (χ0v) is 12.6. The number of carbonyl (C=O) groups excluding carboxylic acids is 2. The number of hydrogen-bond acceptors (Lipinski definition) is 3. The van der Waals surface area contributed by atoms with Gasteiger partial charge in [0.2, 0.25) is 11.8 Å². The number of nitrogens with zero attached hydrogens (tertiary/aromatic N) is 2. The lowest BCUT2D eigenvalue weighted by molar-refractivity contribution is -0.137. The topological polar surface area (TPSA) is 40.6 Å². The standard InChI is InChI=1S/C12H15BrN2O2S/c1-14(6-9-5-10(13)18-8-9)12(17)7-15-4-2-3-11(15)16/h5,8H,2-4,6-7H2,1H3. The number of thiophene rings is 1. The fourth-order valence-electron chi connectivity index (χ4n) is 1.95. The summed E-state index contributed by atoms with van der Waals surface area (Å²) < 4.78 is 1.06. The van der Waals surface area contributed by atoms with Gasteiger partial charge in [0, 0.05) is 26.6 Å². The number of amides is 2. The number of halogens is 1. The first-order valence-corrected chi connectivity index (χ1v) is 7.48. The van der Waals surface area contributed by atoms with Crippen LogP contribution in [-0.2, 0) is 16.1 Å². The minimum atomic E-state index is -0.00688. The Morgan fingerprint density at radius 1 is 1.61 bits per heavy atom. The second kappa shape index (κ2) is 5.84. The maximum atomic E-state index is 12.0. The molecule has 0 radical (unpaired) electrons. The second-order valence-electron chi connectivity index (χ2n) is 4.43. The third kappa shape index (κ3) is 3.32. The lowest BCUT2D eigenvalue weighted by Gasteiger charge is -2.21. The van der Waals surface area contributed by atoms with Crippen molar-refractivity contribution in [3.63, 3.8) is 0 Å². The van der Waals surface area contributed by atoms with E-state index in [2.05, 4.69) is 15.9 Å². The predicted octanol–water partition coefficient (Wildman–Crippen LogP) is 2.09. The Morgan fingerprint density at radius 2 is 2.39 bits per heavy atom. The third-order valence-electron chi connectivity index (χ3n) is 2.96. The molecule has 1 aromatic rings. The van der Waals surface area contributed by atoms with Gasteiger partial charge in [-0.2, -0.15) is 0 Å². The average Bonchev–Trinajstić information content (AvgIpc) is 2.89. The van der Waals surface area contributed by atoms with Gasteiger partial charge in [-0.05, 0) is 39.4 Å². The monoisotopic (exact) mass is 330 g/mol. The Morgan fingerprint density at radius 3 is 2.94 bits per heavy atom. The summed E-state index contributed by atoms with van der Waals surface area (Å²) in [4.78, 5) is 26.7. The van der Waals surface area contributed by atoms with Crippen molar-refractivity contribution in [1.82, 2.24) is 9.80 Å². The normalized spacial score (nSPS) is 15.2. The number of rotatable bonds is 4. The Balaban J connectivity index is 1.86. The van der Waals surface area contributed by atoms with Crippen molar-refractivity contribution in [1.29, 1.82) is 0 Å². The summed E-state index contributed by atoms with van der Waals surface area (Å²) in [7, 11) is 1.77. The van der Waals surface area contributed by atoms with E-state index in [1.54, 1.807) is 28.2 Å². The summed E-state index contributed by atoms with van der Waals surface area (Å²) in [5.74, 6) is 0.0857. The molecule has 0 N–H and O–H groups in total. The van der Waals surface area contributed by atoms with E-state index in [1.807, 2.05) is 11.4 Å². The smallest absolute Gasteiger partial charge is 0.242 e. The fourth-order valence-corrected chi connectivity index (χ4v) is 3.15. The lowest BCUT2D eigenvalue weighted by atomic mass is 10.3. The molecule has 4 nitrogen and oxygen atoms in total. The van der Waals surface area contributed by atoms with Crippen LogP contribution >= 0.6 is 27.3 Å². The fraction of sp³-hybridized carbons (Fsp3) is 0.500. The number of carbonyl (C=O) groups is 2. The van der Waals surface area contributed by atoms with Crippen LogP contribution in [-0.4, -0.2) is 41.8 Å². The molecule has 0 aromatic carbocycles. The Bertz CT molecular complexity index is 461. The summed E-state index contributed by atoms with van der Waals surface area (Å²) in [6, 6.07) is 2.01. The maximum absolute atomic E-state index is 12.0. The van der Waals surface area contributed by atoms with Crippen LogP contribution in [0.25, 0.3) is 0 Å². The molecule has 2 heterocycles. The van der Waals surface area contributed by atoms with Crippen LogP contribution in [0.1, 0.15) is 18.4 Å². The lowest BCUT2D eigenvalue weighted by Crippen LogP contribution is -2.38. The minimum absolute atomic E-state index is 0.00688. The molecular formula is C12H15BrN2O2S. The van der Waals surface area contributed by atoms with E-state index in [-0.39, 0.29) is 18.4 Å².